The normalized spacial score (nSPS) is 23.4. The fourth-order valence-corrected chi connectivity index (χ4v) is 5.44. The molecule has 5 heterocycles. The van der Waals surface area contributed by atoms with E-state index in [1.54, 1.807) is 16.2 Å². The molecule has 11 heteroatoms. The summed E-state index contributed by atoms with van der Waals surface area (Å²) in [5.74, 6) is 0.788. The molecule has 29 heavy (non-hydrogen) atoms. The zero-order valence-electron chi connectivity index (χ0n) is 15.8. The first kappa shape index (κ1) is 19.0. The van der Waals surface area contributed by atoms with Gasteiger partial charge in [0.2, 0.25) is 17.1 Å². The van der Waals surface area contributed by atoms with E-state index < -0.39 is 6.04 Å². The summed E-state index contributed by atoms with van der Waals surface area (Å²) in [5.41, 5.74) is 0.843. The summed E-state index contributed by atoms with van der Waals surface area (Å²) in [6.07, 6.45) is 0. The van der Waals surface area contributed by atoms with Crippen LogP contribution in [-0.2, 0) is 20.9 Å². The van der Waals surface area contributed by atoms with E-state index in [-0.39, 0.29) is 23.6 Å². The van der Waals surface area contributed by atoms with Gasteiger partial charge in [-0.3, -0.25) is 14.5 Å². The average Bonchev–Trinajstić information content (AvgIpc) is 3.13. The number of thiophene rings is 1. The van der Waals surface area contributed by atoms with Crippen molar-refractivity contribution in [1.82, 2.24) is 25.1 Å². The number of anilines is 1. The van der Waals surface area contributed by atoms with Gasteiger partial charge in [-0.1, -0.05) is 0 Å². The number of hydrogen-bond acceptors (Lipinski definition) is 8. The number of carbonyl (C=O) groups excluding carboxylic acids is 2. The molecule has 2 amide bonds. The molecule has 0 radical (unpaired) electrons. The van der Waals surface area contributed by atoms with Gasteiger partial charge < -0.3 is 19.9 Å². The summed E-state index contributed by atoms with van der Waals surface area (Å²) in [7, 11) is 0. The van der Waals surface area contributed by atoms with Crippen LogP contribution in [0.2, 0.25) is 5.28 Å². The number of carbonyl (C=O) groups is 2. The summed E-state index contributed by atoms with van der Waals surface area (Å²) < 4.78 is 6.47. The summed E-state index contributed by atoms with van der Waals surface area (Å²) in [5, 5.41) is 2.93. The van der Waals surface area contributed by atoms with Crippen LogP contribution in [0, 0.1) is 0 Å². The van der Waals surface area contributed by atoms with Crippen LogP contribution in [-0.4, -0.2) is 90.1 Å². The van der Waals surface area contributed by atoms with Crippen LogP contribution < -0.4 is 10.2 Å². The Morgan fingerprint density at radius 2 is 2.03 bits per heavy atom. The predicted octanol–water partition coefficient (Wildman–Crippen LogP) is 0.324. The van der Waals surface area contributed by atoms with Crippen molar-refractivity contribution in [3.05, 3.63) is 16.2 Å². The molecule has 3 aliphatic rings. The Bertz CT molecular complexity index is 962. The molecule has 2 aromatic heterocycles. The van der Waals surface area contributed by atoms with Crippen molar-refractivity contribution >= 4 is 50.8 Å². The third-order valence-corrected chi connectivity index (χ3v) is 6.84. The molecule has 3 aliphatic heterocycles. The molecule has 0 spiro atoms. The summed E-state index contributed by atoms with van der Waals surface area (Å²) >= 11 is 7.84. The number of amides is 2. The first-order valence-corrected chi connectivity index (χ1v) is 10.9. The standard InChI is InChI=1S/C18H21ClN6O3S/c19-18-21-12-7-11(29-15(12)16(22-18)24-3-5-28-6-4-24)9-23-1-2-25-13(10-23)17(27)20-8-14(25)26/h7,13H,1-6,8-10H2,(H,20,27)/t13-/m1/s1. The summed E-state index contributed by atoms with van der Waals surface area (Å²) in [6.45, 7) is 5.57. The first-order valence-electron chi connectivity index (χ1n) is 9.66. The van der Waals surface area contributed by atoms with Gasteiger partial charge in [0.05, 0.1) is 30.0 Å². The van der Waals surface area contributed by atoms with Gasteiger partial charge in [0.1, 0.15) is 6.04 Å². The Labute approximate surface area is 176 Å². The van der Waals surface area contributed by atoms with E-state index in [2.05, 4.69) is 31.2 Å². The van der Waals surface area contributed by atoms with Crippen LogP contribution in [0.3, 0.4) is 0 Å². The maximum absolute atomic E-state index is 12.2. The number of hydrogen-bond donors (Lipinski definition) is 1. The van der Waals surface area contributed by atoms with E-state index in [1.165, 1.54) is 0 Å². The number of aromatic nitrogens is 2. The predicted molar refractivity (Wildman–Crippen MR) is 109 cm³/mol. The lowest BCUT2D eigenvalue weighted by Crippen LogP contribution is -2.65. The molecular formula is C18H21ClN6O3S. The lowest BCUT2D eigenvalue weighted by Gasteiger charge is -2.42. The quantitative estimate of drug-likeness (QED) is 0.693. The van der Waals surface area contributed by atoms with Crippen molar-refractivity contribution in [3.63, 3.8) is 0 Å². The monoisotopic (exact) mass is 436 g/mol. The number of nitrogens with zero attached hydrogens (tertiary/aromatic N) is 5. The van der Waals surface area contributed by atoms with Gasteiger partial charge in [0.15, 0.2) is 5.82 Å². The topological polar surface area (TPSA) is 90.9 Å². The highest BCUT2D eigenvalue weighted by molar-refractivity contribution is 7.19. The average molecular weight is 437 g/mol. The van der Waals surface area contributed by atoms with E-state index in [0.717, 1.165) is 40.5 Å². The summed E-state index contributed by atoms with van der Waals surface area (Å²) in [6, 6.07) is 1.65. The van der Waals surface area contributed by atoms with Crippen molar-refractivity contribution in [1.29, 1.82) is 0 Å². The third-order valence-electron chi connectivity index (χ3n) is 5.57. The molecule has 3 fully saturated rings. The molecule has 0 bridgehead atoms. The second-order valence-electron chi connectivity index (χ2n) is 7.40. The van der Waals surface area contributed by atoms with Crippen LogP contribution in [0.15, 0.2) is 6.07 Å². The Morgan fingerprint density at radius 1 is 1.21 bits per heavy atom. The Balaban J connectivity index is 1.37. The number of fused-ring (bicyclic) bond motifs is 2. The van der Waals surface area contributed by atoms with Gasteiger partial charge in [-0.05, 0) is 17.7 Å². The minimum absolute atomic E-state index is 0.00354. The molecule has 9 nitrogen and oxygen atoms in total. The maximum Gasteiger partial charge on any atom is 0.244 e. The lowest BCUT2D eigenvalue weighted by atomic mass is 10.1. The molecule has 0 aliphatic carbocycles. The second kappa shape index (κ2) is 7.67. The van der Waals surface area contributed by atoms with Crippen molar-refractivity contribution in [3.8, 4) is 0 Å². The van der Waals surface area contributed by atoms with E-state index in [1.807, 2.05) is 0 Å². The highest BCUT2D eigenvalue weighted by atomic mass is 35.5. The Morgan fingerprint density at radius 3 is 2.86 bits per heavy atom. The fraction of sp³-hybridized carbons (Fsp3) is 0.556. The number of halogens is 1. The molecule has 0 unspecified atom stereocenters. The second-order valence-corrected chi connectivity index (χ2v) is 8.87. The smallest absolute Gasteiger partial charge is 0.244 e. The fourth-order valence-electron chi connectivity index (χ4n) is 4.11. The first-order chi connectivity index (χ1) is 14.1. The van der Waals surface area contributed by atoms with E-state index >= 15 is 0 Å². The zero-order chi connectivity index (χ0) is 20.0. The number of nitrogens with one attached hydrogen (secondary N) is 1. The zero-order valence-corrected chi connectivity index (χ0v) is 17.3. The number of rotatable bonds is 3. The molecule has 0 saturated carbocycles. The third kappa shape index (κ3) is 3.65. The van der Waals surface area contributed by atoms with Gasteiger partial charge >= 0.3 is 0 Å². The number of ether oxygens (including phenoxy) is 1. The molecule has 1 N–H and O–H groups in total. The van der Waals surface area contributed by atoms with Crippen LogP contribution >= 0.6 is 22.9 Å². The Kier molecular flexibility index (Phi) is 5.02. The Hall–Kier alpha value is -2.01. The van der Waals surface area contributed by atoms with E-state index in [4.69, 9.17) is 16.3 Å². The molecule has 1 atom stereocenters. The minimum atomic E-state index is -0.405. The van der Waals surface area contributed by atoms with Crippen molar-refractivity contribution in [2.45, 2.75) is 12.6 Å². The SMILES string of the molecule is O=C1NCC(=O)N2CCN(Cc3cc4nc(Cl)nc(N5CCOCC5)c4s3)C[C@H]12. The van der Waals surface area contributed by atoms with Crippen molar-refractivity contribution in [2.24, 2.45) is 0 Å². The highest BCUT2D eigenvalue weighted by Gasteiger charge is 2.38. The number of morpholine rings is 1. The van der Waals surface area contributed by atoms with Crippen LogP contribution in [0.5, 0.6) is 0 Å². The molecule has 0 aromatic carbocycles. The minimum Gasteiger partial charge on any atom is -0.378 e. The number of piperazine rings is 2. The van der Waals surface area contributed by atoms with Crippen LogP contribution in [0.25, 0.3) is 10.2 Å². The van der Waals surface area contributed by atoms with Crippen molar-refractivity contribution in [2.75, 3.05) is 57.4 Å². The molecule has 3 saturated heterocycles. The van der Waals surface area contributed by atoms with Gasteiger partial charge in [0, 0.05) is 44.1 Å². The van der Waals surface area contributed by atoms with Crippen LogP contribution in [0.1, 0.15) is 4.88 Å². The van der Waals surface area contributed by atoms with Gasteiger partial charge in [-0.15, -0.1) is 11.3 Å². The highest BCUT2D eigenvalue weighted by Crippen LogP contribution is 2.34. The van der Waals surface area contributed by atoms with Crippen LogP contribution in [0.4, 0.5) is 5.82 Å². The largest absolute Gasteiger partial charge is 0.378 e. The molecule has 5 rings (SSSR count). The lowest BCUT2D eigenvalue weighted by molar-refractivity contribution is -0.149. The van der Waals surface area contributed by atoms with E-state index in [9.17, 15) is 9.59 Å². The van der Waals surface area contributed by atoms with Gasteiger partial charge in [0.25, 0.3) is 0 Å². The molecular weight excluding hydrogens is 416 g/mol. The van der Waals surface area contributed by atoms with E-state index in [0.29, 0.717) is 32.8 Å². The molecule has 154 valence electrons. The molecule has 2 aromatic rings. The van der Waals surface area contributed by atoms with Gasteiger partial charge in [-0.2, -0.15) is 4.98 Å². The van der Waals surface area contributed by atoms with Gasteiger partial charge in [-0.25, -0.2) is 4.98 Å². The maximum atomic E-state index is 12.2. The van der Waals surface area contributed by atoms with Crippen molar-refractivity contribution < 1.29 is 14.3 Å². The summed E-state index contributed by atoms with van der Waals surface area (Å²) in [4.78, 5) is 40.4.